The van der Waals surface area contributed by atoms with Crippen LogP contribution in [0.2, 0.25) is 0 Å². The van der Waals surface area contributed by atoms with Crippen LogP contribution in [0.4, 0.5) is 0 Å². The number of carbonyl (C=O) groups excluding carboxylic acids is 1. The van der Waals surface area contributed by atoms with Crippen LogP contribution in [0.3, 0.4) is 0 Å². The van der Waals surface area contributed by atoms with Crippen LogP contribution in [0.5, 0.6) is 11.5 Å². The highest BCUT2D eigenvalue weighted by Crippen LogP contribution is 2.47. The summed E-state index contributed by atoms with van der Waals surface area (Å²) in [4.78, 5) is 25.6. The second-order valence-electron chi connectivity index (χ2n) is 10.5. The number of aryl methyl sites for hydroxylation is 1. The van der Waals surface area contributed by atoms with Crippen molar-refractivity contribution in [1.29, 1.82) is 0 Å². The van der Waals surface area contributed by atoms with Gasteiger partial charge in [0.15, 0.2) is 12.2 Å². The Labute approximate surface area is 233 Å². The van der Waals surface area contributed by atoms with Crippen LogP contribution in [0, 0.1) is 0 Å². The average molecular weight is 546 g/mol. The highest BCUT2D eigenvalue weighted by Gasteiger charge is 2.34. The van der Waals surface area contributed by atoms with E-state index in [1.165, 1.54) is 18.4 Å². The van der Waals surface area contributed by atoms with Gasteiger partial charge in [0.05, 0.1) is 0 Å². The van der Waals surface area contributed by atoms with E-state index in [2.05, 4.69) is 41.3 Å². The van der Waals surface area contributed by atoms with Crippen molar-refractivity contribution < 1.29 is 34.4 Å². The minimum Gasteiger partial charge on any atom is -0.492 e. The Bertz CT molecular complexity index is 1300. The number of aliphatic carboxylic acids is 1. The van der Waals surface area contributed by atoms with Gasteiger partial charge in [0.1, 0.15) is 18.1 Å². The number of nitrogens with zero attached hydrogens (tertiary/aromatic N) is 1. The van der Waals surface area contributed by atoms with Gasteiger partial charge in [-0.15, -0.1) is 0 Å². The van der Waals surface area contributed by atoms with Crippen molar-refractivity contribution in [2.75, 3.05) is 26.2 Å². The molecule has 1 heterocycles. The Kier molecular flexibility index (Phi) is 8.79. The highest BCUT2D eigenvalue weighted by molar-refractivity contribution is 5.85. The minimum atomic E-state index is -2.26. The summed E-state index contributed by atoms with van der Waals surface area (Å²) in [6.45, 7) is 3.90. The number of rotatable bonds is 10. The van der Waals surface area contributed by atoms with Gasteiger partial charge in [0, 0.05) is 12.5 Å². The van der Waals surface area contributed by atoms with Crippen molar-refractivity contribution in [2.24, 2.45) is 0 Å². The number of aliphatic hydroxyl groups is 2. The summed E-state index contributed by atoms with van der Waals surface area (Å²) in [7, 11) is 0. The van der Waals surface area contributed by atoms with Gasteiger partial charge in [0.2, 0.25) is 0 Å². The molecule has 8 nitrogen and oxygen atoms in total. The molecule has 3 aromatic rings. The number of carbonyl (C=O) groups is 2. The summed E-state index contributed by atoms with van der Waals surface area (Å²) in [6, 6.07) is 24.1. The van der Waals surface area contributed by atoms with Crippen molar-refractivity contribution in [3.05, 3.63) is 95.1 Å². The van der Waals surface area contributed by atoms with E-state index >= 15 is 0 Å². The van der Waals surface area contributed by atoms with Gasteiger partial charge in [-0.2, -0.15) is 0 Å². The van der Waals surface area contributed by atoms with Crippen LogP contribution >= 0.6 is 0 Å². The molecule has 0 saturated carbocycles. The number of carboxylic acid groups (broad SMARTS) is 1. The molecule has 0 aromatic heterocycles. The van der Waals surface area contributed by atoms with E-state index in [4.69, 9.17) is 14.6 Å². The monoisotopic (exact) mass is 545 g/mol. The summed E-state index contributed by atoms with van der Waals surface area (Å²) in [6.07, 6.45) is -0.268. The van der Waals surface area contributed by atoms with Crippen molar-refractivity contribution in [2.45, 2.75) is 49.7 Å². The van der Waals surface area contributed by atoms with Gasteiger partial charge >= 0.3 is 11.9 Å². The Morgan fingerprint density at radius 3 is 2.27 bits per heavy atom. The molecule has 210 valence electrons. The van der Waals surface area contributed by atoms with E-state index in [1.807, 2.05) is 24.3 Å². The number of carboxylic acids is 1. The Morgan fingerprint density at radius 2 is 1.57 bits per heavy atom. The lowest BCUT2D eigenvalue weighted by Crippen LogP contribution is -2.41. The molecular formula is C32H35NO7. The van der Waals surface area contributed by atoms with Gasteiger partial charge in [-0.25, -0.2) is 9.59 Å². The van der Waals surface area contributed by atoms with Crippen molar-refractivity contribution in [1.82, 2.24) is 4.90 Å². The molecule has 8 heteroatoms. The van der Waals surface area contributed by atoms with Crippen LogP contribution in [0.15, 0.2) is 72.8 Å². The van der Waals surface area contributed by atoms with Crippen molar-refractivity contribution in [3.63, 3.8) is 0 Å². The third-order valence-corrected chi connectivity index (χ3v) is 7.93. The second kappa shape index (κ2) is 12.6. The average Bonchev–Trinajstić information content (AvgIpc) is 3.50. The number of hydrogen-bond donors (Lipinski definition) is 3. The molecule has 0 radical (unpaired) electrons. The lowest BCUT2D eigenvalue weighted by Gasteiger charge is -2.35. The maximum atomic E-state index is 12.2. The third kappa shape index (κ3) is 6.36. The predicted octanol–water partition coefficient (Wildman–Crippen LogP) is 3.73. The van der Waals surface area contributed by atoms with Gasteiger partial charge in [-0.1, -0.05) is 48.5 Å². The van der Waals surface area contributed by atoms with Gasteiger partial charge in [-0.05, 0) is 91.2 Å². The fourth-order valence-electron chi connectivity index (χ4n) is 5.84. The predicted molar refractivity (Wildman–Crippen MR) is 149 cm³/mol. The molecule has 1 fully saturated rings. The molecule has 3 aromatic carbocycles. The van der Waals surface area contributed by atoms with E-state index < -0.39 is 24.1 Å². The normalized spacial score (nSPS) is 20.4. The zero-order valence-electron chi connectivity index (χ0n) is 22.3. The smallest absolute Gasteiger partial charge is 0.343 e. The van der Waals surface area contributed by atoms with E-state index in [1.54, 1.807) is 12.1 Å². The largest absolute Gasteiger partial charge is 0.492 e. The lowest BCUT2D eigenvalue weighted by molar-refractivity contribution is -0.164. The minimum absolute atomic E-state index is 0.0639. The number of aliphatic hydroxyl groups excluding tert-OH is 2. The summed E-state index contributed by atoms with van der Waals surface area (Å²) >= 11 is 0. The molecule has 4 atom stereocenters. The number of fused-ring (bicyclic) bond motifs is 1. The summed E-state index contributed by atoms with van der Waals surface area (Å²) in [5, 5.41) is 28.2. The molecule has 0 amide bonds. The molecule has 1 aliphatic heterocycles. The number of benzene rings is 3. The van der Waals surface area contributed by atoms with Crippen LogP contribution in [-0.2, 0) is 16.0 Å². The molecule has 0 spiro atoms. The number of likely N-dealkylation sites (tertiary alicyclic amines) is 1. The van der Waals surface area contributed by atoms with E-state index in [0.29, 0.717) is 6.61 Å². The molecule has 2 aliphatic rings. The first kappa shape index (κ1) is 27.8. The Hall–Kier alpha value is -3.72. The third-order valence-electron chi connectivity index (χ3n) is 7.93. The number of ether oxygens (including phenoxy) is 2. The van der Waals surface area contributed by atoms with Gasteiger partial charge in [0.25, 0.3) is 0 Å². The Balaban J connectivity index is 1.36. The molecule has 40 heavy (non-hydrogen) atoms. The number of esters is 1. The fraction of sp³-hybridized carbons (Fsp3) is 0.375. The van der Waals surface area contributed by atoms with Gasteiger partial charge < -0.3 is 24.8 Å². The molecule has 1 aliphatic carbocycles. The summed E-state index contributed by atoms with van der Waals surface area (Å²) < 4.78 is 11.3. The number of hydrogen-bond acceptors (Lipinski definition) is 7. The van der Waals surface area contributed by atoms with Crippen molar-refractivity contribution >= 4 is 11.9 Å². The standard InChI is InChI=1S/C32H35NO7/c34-29(31(36)37)30(35)32(38)40-25-13-15-27-23(20-25)10-14-26(21-6-2-1-3-7-21)28(27)22-8-11-24(12-9-22)39-19-18-33-16-4-5-17-33/h1-3,6-9,11-13,15,20,26,28-30,34-35H,4-5,10,14,16-19H2,(H,36,37)/t26-,28+,29-,30-/m0/s1. The molecule has 0 unspecified atom stereocenters. The van der Waals surface area contributed by atoms with Crippen molar-refractivity contribution in [3.8, 4) is 11.5 Å². The molecule has 0 bridgehead atoms. The maximum absolute atomic E-state index is 12.2. The second-order valence-corrected chi connectivity index (χ2v) is 10.5. The lowest BCUT2D eigenvalue weighted by atomic mass is 9.69. The first-order chi connectivity index (χ1) is 19.4. The fourth-order valence-corrected chi connectivity index (χ4v) is 5.84. The zero-order chi connectivity index (χ0) is 28.1. The first-order valence-electron chi connectivity index (χ1n) is 13.8. The van der Waals surface area contributed by atoms with Crippen LogP contribution in [0.1, 0.15) is 53.4 Å². The van der Waals surface area contributed by atoms with E-state index in [-0.39, 0.29) is 17.6 Å². The quantitative estimate of drug-likeness (QED) is 0.261. The zero-order valence-corrected chi connectivity index (χ0v) is 22.3. The summed E-state index contributed by atoms with van der Waals surface area (Å²) in [5.74, 6) is -1.57. The molecule has 5 rings (SSSR count). The van der Waals surface area contributed by atoms with Crippen LogP contribution < -0.4 is 9.47 Å². The molecular weight excluding hydrogens is 510 g/mol. The van der Waals surface area contributed by atoms with Crippen LogP contribution in [-0.4, -0.2) is 70.6 Å². The summed E-state index contributed by atoms with van der Waals surface area (Å²) in [5.41, 5.74) is 4.55. The van der Waals surface area contributed by atoms with Crippen LogP contribution in [0.25, 0.3) is 0 Å². The van der Waals surface area contributed by atoms with Gasteiger partial charge in [-0.3, -0.25) is 4.90 Å². The maximum Gasteiger partial charge on any atom is 0.343 e. The molecule has 1 saturated heterocycles. The topological polar surface area (TPSA) is 117 Å². The molecule has 3 N–H and O–H groups in total. The first-order valence-corrected chi connectivity index (χ1v) is 13.8. The van der Waals surface area contributed by atoms with E-state index in [9.17, 15) is 19.8 Å². The Morgan fingerprint density at radius 1 is 0.875 bits per heavy atom. The SMILES string of the molecule is O=C(O)[C@@H](O)[C@H](O)C(=O)Oc1ccc2c(c1)CC[C@@H](c1ccccc1)[C@H]2c1ccc(OCCN2CCCC2)cc1. The highest BCUT2D eigenvalue weighted by atomic mass is 16.6. The van der Waals surface area contributed by atoms with E-state index in [0.717, 1.165) is 54.9 Å².